The number of nitrogens with zero attached hydrogens (tertiary/aromatic N) is 1. The van der Waals surface area contributed by atoms with E-state index in [4.69, 9.17) is 18.6 Å². The number of carbonyl (C=O) groups excluding carboxylic acids is 1. The Hall–Kier alpha value is -4.33. The molecular weight excluding hydrogens is 412 g/mol. The van der Waals surface area contributed by atoms with Gasteiger partial charge in [-0.3, -0.25) is 9.59 Å². The van der Waals surface area contributed by atoms with Gasteiger partial charge in [0.1, 0.15) is 23.4 Å². The predicted octanol–water partition coefficient (Wildman–Crippen LogP) is 4.40. The largest absolute Gasteiger partial charge is 0.490 e. The topological polar surface area (TPSA) is 99.9 Å². The number of anilines is 1. The third-order valence-electron chi connectivity index (χ3n) is 4.39. The quantitative estimate of drug-likeness (QED) is 0.441. The number of hydrogen-bond acceptors (Lipinski definition) is 7. The summed E-state index contributed by atoms with van der Waals surface area (Å²) in [6.07, 6.45) is 2.82. The Morgan fingerprint density at radius 3 is 2.59 bits per heavy atom. The lowest BCUT2D eigenvalue weighted by Crippen LogP contribution is -2.20. The fraction of sp³-hybridized carbons (Fsp3) is 0.125. The Labute approximate surface area is 183 Å². The van der Waals surface area contributed by atoms with E-state index in [9.17, 15) is 9.59 Å². The summed E-state index contributed by atoms with van der Waals surface area (Å²) in [7, 11) is 0. The van der Waals surface area contributed by atoms with Gasteiger partial charge >= 0.3 is 0 Å². The van der Waals surface area contributed by atoms with Crippen molar-refractivity contribution in [3.05, 3.63) is 83.3 Å². The minimum Gasteiger partial charge on any atom is -0.490 e. The van der Waals surface area contributed by atoms with Crippen molar-refractivity contribution in [1.29, 1.82) is 0 Å². The molecule has 2 heterocycles. The maximum absolute atomic E-state index is 12.8. The van der Waals surface area contributed by atoms with Gasteiger partial charge in [-0.25, -0.2) is 4.98 Å². The molecular formula is C24H20N2O6. The van der Waals surface area contributed by atoms with Crippen molar-refractivity contribution in [3.63, 3.8) is 0 Å². The van der Waals surface area contributed by atoms with Crippen LogP contribution in [0.3, 0.4) is 0 Å². The van der Waals surface area contributed by atoms with E-state index >= 15 is 0 Å². The molecule has 2 aromatic carbocycles. The molecule has 0 fully saturated rings. The summed E-state index contributed by atoms with van der Waals surface area (Å²) in [5.41, 5.74) is -0.0277. The fourth-order valence-electron chi connectivity index (χ4n) is 2.94. The number of para-hydroxylation sites is 2. The van der Waals surface area contributed by atoms with Crippen molar-refractivity contribution >= 4 is 22.7 Å². The molecule has 162 valence electrons. The molecule has 1 N–H and O–H groups in total. The van der Waals surface area contributed by atoms with Gasteiger partial charge in [0.2, 0.25) is 11.2 Å². The van der Waals surface area contributed by atoms with E-state index in [0.29, 0.717) is 40.6 Å². The first-order valence-corrected chi connectivity index (χ1v) is 9.93. The SMILES string of the molecule is CCOc1ccccc1Oc1coc2cc(OCC(=O)Nc3ccccn3)ccc2c1=O. The van der Waals surface area contributed by atoms with Crippen molar-refractivity contribution in [3.8, 4) is 23.0 Å². The summed E-state index contributed by atoms with van der Waals surface area (Å²) in [5, 5.41) is 2.95. The number of aromatic nitrogens is 1. The van der Waals surface area contributed by atoms with E-state index < -0.39 is 0 Å². The van der Waals surface area contributed by atoms with Crippen LogP contribution in [-0.2, 0) is 4.79 Å². The molecule has 1 amide bonds. The molecule has 0 saturated heterocycles. The highest BCUT2D eigenvalue weighted by Crippen LogP contribution is 2.31. The molecule has 8 heteroatoms. The second-order valence-corrected chi connectivity index (χ2v) is 6.62. The second-order valence-electron chi connectivity index (χ2n) is 6.62. The number of benzene rings is 2. The number of pyridine rings is 1. The highest BCUT2D eigenvalue weighted by Gasteiger charge is 2.13. The maximum atomic E-state index is 12.8. The third-order valence-corrected chi connectivity index (χ3v) is 4.39. The molecule has 0 spiro atoms. The van der Waals surface area contributed by atoms with Gasteiger partial charge in [0, 0.05) is 12.3 Å². The third kappa shape index (κ3) is 4.86. The van der Waals surface area contributed by atoms with Crippen molar-refractivity contribution in [2.45, 2.75) is 6.92 Å². The van der Waals surface area contributed by atoms with Crippen LogP contribution in [0.15, 0.2) is 82.3 Å². The molecule has 0 aliphatic heterocycles. The number of fused-ring (bicyclic) bond motifs is 1. The average molecular weight is 432 g/mol. The molecule has 0 unspecified atom stereocenters. The Bertz CT molecular complexity index is 1290. The normalized spacial score (nSPS) is 10.5. The number of rotatable bonds is 8. The highest BCUT2D eigenvalue weighted by atomic mass is 16.5. The molecule has 8 nitrogen and oxygen atoms in total. The zero-order valence-corrected chi connectivity index (χ0v) is 17.2. The van der Waals surface area contributed by atoms with Crippen molar-refractivity contribution in [2.24, 2.45) is 0 Å². The van der Waals surface area contributed by atoms with E-state index in [1.807, 2.05) is 13.0 Å². The fourth-order valence-corrected chi connectivity index (χ4v) is 2.94. The van der Waals surface area contributed by atoms with Crippen molar-refractivity contribution in [2.75, 3.05) is 18.5 Å². The van der Waals surface area contributed by atoms with Crippen LogP contribution < -0.4 is 25.0 Å². The molecule has 0 aliphatic carbocycles. The first-order chi connectivity index (χ1) is 15.6. The minimum absolute atomic E-state index is 0.0352. The van der Waals surface area contributed by atoms with Gasteiger partial charge < -0.3 is 23.9 Å². The van der Waals surface area contributed by atoms with Gasteiger partial charge in [-0.05, 0) is 43.3 Å². The molecule has 0 aliphatic rings. The van der Waals surface area contributed by atoms with Crippen LogP contribution >= 0.6 is 0 Å². The molecule has 0 atom stereocenters. The van der Waals surface area contributed by atoms with Crippen LogP contribution in [0.2, 0.25) is 0 Å². The van der Waals surface area contributed by atoms with Gasteiger partial charge in [0.15, 0.2) is 18.1 Å². The molecule has 0 saturated carbocycles. The molecule has 0 bridgehead atoms. The number of amides is 1. The van der Waals surface area contributed by atoms with Crippen LogP contribution in [0.25, 0.3) is 11.0 Å². The number of carbonyl (C=O) groups is 1. The number of hydrogen-bond donors (Lipinski definition) is 1. The van der Waals surface area contributed by atoms with E-state index in [1.165, 1.54) is 6.26 Å². The van der Waals surface area contributed by atoms with Crippen molar-refractivity contribution in [1.82, 2.24) is 4.98 Å². The van der Waals surface area contributed by atoms with Crippen LogP contribution in [0, 0.1) is 0 Å². The number of nitrogens with one attached hydrogen (secondary N) is 1. The van der Waals surface area contributed by atoms with E-state index in [0.717, 1.165) is 0 Å². The van der Waals surface area contributed by atoms with Crippen LogP contribution in [0.4, 0.5) is 5.82 Å². The lowest BCUT2D eigenvalue weighted by atomic mass is 10.2. The van der Waals surface area contributed by atoms with Crippen LogP contribution in [0.1, 0.15) is 6.92 Å². The lowest BCUT2D eigenvalue weighted by Gasteiger charge is -2.11. The van der Waals surface area contributed by atoms with Crippen molar-refractivity contribution < 1.29 is 23.4 Å². The Morgan fingerprint density at radius 2 is 1.81 bits per heavy atom. The van der Waals surface area contributed by atoms with Crippen LogP contribution in [0.5, 0.6) is 23.0 Å². The number of ether oxygens (including phenoxy) is 3. The smallest absolute Gasteiger partial charge is 0.263 e. The summed E-state index contributed by atoms with van der Waals surface area (Å²) < 4.78 is 22.4. The van der Waals surface area contributed by atoms with E-state index in [-0.39, 0.29) is 23.7 Å². The highest BCUT2D eigenvalue weighted by molar-refractivity contribution is 5.91. The first kappa shape index (κ1) is 20.9. The lowest BCUT2D eigenvalue weighted by molar-refractivity contribution is -0.118. The van der Waals surface area contributed by atoms with Crippen LogP contribution in [-0.4, -0.2) is 24.1 Å². The Morgan fingerprint density at radius 1 is 1.00 bits per heavy atom. The van der Waals surface area contributed by atoms with Gasteiger partial charge in [-0.15, -0.1) is 0 Å². The summed E-state index contributed by atoms with van der Waals surface area (Å²) >= 11 is 0. The molecule has 4 aromatic rings. The van der Waals surface area contributed by atoms with Gasteiger partial charge in [-0.2, -0.15) is 0 Å². The maximum Gasteiger partial charge on any atom is 0.263 e. The minimum atomic E-state index is -0.359. The summed E-state index contributed by atoms with van der Waals surface area (Å²) in [6, 6.07) is 17.0. The van der Waals surface area contributed by atoms with E-state index in [1.54, 1.807) is 60.8 Å². The first-order valence-electron chi connectivity index (χ1n) is 9.93. The molecule has 32 heavy (non-hydrogen) atoms. The summed E-state index contributed by atoms with van der Waals surface area (Å²) in [5.74, 6) is 1.44. The van der Waals surface area contributed by atoms with Gasteiger partial charge in [0.25, 0.3) is 5.91 Å². The van der Waals surface area contributed by atoms with E-state index in [2.05, 4.69) is 10.3 Å². The predicted molar refractivity (Wildman–Crippen MR) is 119 cm³/mol. The molecule has 2 aromatic heterocycles. The Balaban J connectivity index is 1.47. The zero-order chi connectivity index (χ0) is 22.3. The summed E-state index contributed by atoms with van der Waals surface area (Å²) in [4.78, 5) is 28.9. The van der Waals surface area contributed by atoms with Gasteiger partial charge in [0.05, 0.1) is 12.0 Å². The monoisotopic (exact) mass is 432 g/mol. The zero-order valence-electron chi connectivity index (χ0n) is 17.2. The van der Waals surface area contributed by atoms with Gasteiger partial charge in [-0.1, -0.05) is 18.2 Å². The average Bonchev–Trinajstić information content (AvgIpc) is 2.81. The molecule has 4 rings (SSSR count). The standard InChI is InChI=1S/C24H20N2O6/c1-2-29-18-7-3-4-8-19(18)32-21-14-31-20-13-16(10-11-17(20)24(21)28)30-15-23(27)26-22-9-5-6-12-25-22/h3-14H,2,15H2,1H3,(H,25,26,27). The second kappa shape index (κ2) is 9.65. The molecule has 0 radical (unpaired) electrons. The summed E-state index contributed by atoms with van der Waals surface area (Å²) in [6.45, 7) is 2.11. The Kier molecular flexibility index (Phi) is 6.31.